The number of aryl methyl sites for hydroxylation is 2. The summed E-state index contributed by atoms with van der Waals surface area (Å²) < 4.78 is 37.3. The zero-order valence-corrected chi connectivity index (χ0v) is 9.23. The Morgan fingerprint density at radius 1 is 1.56 bits per heavy atom. The normalized spacial score (nSPS) is 11.6. The number of aromatic nitrogens is 2. The molecular formula is C10H14F3N3. The second-order valence-corrected chi connectivity index (χ2v) is 3.57. The molecule has 6 heteroatoms. The second kappa shape index (κ2) is 4.59. The molecule has 1 aromatic rings. The number of rotatable bonds is 4. The van der Waals surface area contributed by atoms with Crippen molar-refractivity contribution in [3.63, 3.8) is 0 Å². The highest BCUT2D eigenvalue weighted by molar-refractivity contribution is 5.58. The first-order valence-electron chi connectivity index (χ1n) is 4.80. The Morgan fingerprint density at radius 2 is 2.19 bits per heavy atom. The van der Waals surface area contributed by atoms with E-state index in [1.165, 1.54) is 0 Å². The van der Waals surface area contributed by atoms with Crippen LogP contribution >= 0.6 is 0 Å². The molecule has 0 aliphatic carbocycles. The van der Waals surface area contributed by atoms with Crippen molar-refractivity contribution in [1.29, 1.82) is 0 Å². The van der Waals surface area contributed by atoms with E-state index in [1.54, 1.807) is 17.8 Å². The van der Waals surface area contributed by atoms with Crippen LogP contribution in [0.1, 0.15) is 17.8 Å². The highest BCUT2D eigenvalue weighted by atomic mass is 19.4. The molecule has 0 amide bonds. The highest BCUT2D eigenvalue weighted by Gasteiger charge is 2.26. The standard InChI is InChI=1S/C10H14F3N3/c1-7-6-9(15-16(7)3)8(2)14-5-4-10(11,12)13/h6,14H,2,4-5H2,1,3H3. The van der Waals surface area contributed by atoms with Crippen LogP contribution in [0.25, 0.3) is 5.70 Å². The Kier molecular flexibility index (Phi) is 3.62. The lowest BCUT2D eigenvalue weighted by Gasteiger charge is -2.09. The maximum absolute atomic E-state index is 11.9. The van der Waals surface area contributed by atoms with Crippen LogP contribution in [0.15, 0.2) is 12.6 Å². The molecule has 0 spiro atoms. The van der Waals surface area contributed by atoms with Crippen LogP contribution in [0.5, 0.6) is 0 Å². The van der Waals surface area contributed by atoms with Gasteiger partial charge in [-0.1, -0.05) is 6.58 Å². The molecule has 1 N–H and O–H groups in total. The second-order valence-electron chi connectivity index (χ2n) is 3.57. The van der Waals surface area contributed by atoms with Gasteiger partial charge in [-0.05, 0) is 13.0 Å². The summed E-state index contributed by atoms with van der Waals surface area (Å²) in [5, 5.41) is 6.70. The summed E-state index contributed by atoms with van der Waals surface area (Å²) in [6.07, 6.45) is -5.02. The van der Waals surface area contributed by atoms with Gasteiger partial charge in [0.1, 0.15) is 5.69 Å². The zero-order valence-electron chi connectivity index (χ0n) is 9.23. The van der Waals surface area contributed by atoms with Gasteiger partial charge in [-0.3, -0.25) is 4.68 Å². The molecule has 0 bridgehead atoms. The molecular weight excluding hydrogens is 219 g/mol. The highest BCUT2D eigenvalue weighted by Crippen LogP contribution is 2.19. The van der Waals surface area contributed by atoms with Crippen LogP contribution in [-0.4, -0.2) is 22.5 Å². The van der Waals surface area contributed by atoms with Crippen molar-refractivity contribution in [3.8, 4) is 0 Å². The van der Waals surface area contributed by atoms with E-state index < -0.39 is 12.6 Å². The summed E-state index contributed by atoms with van der Waals surface area (Å²) in [5.41, 5.74) is 1.91. The minimum absolute atomic E-state index is 0.183. The van der Waals surface area contributed by atoms with E-state index in [0.29, 0.717) is 11.4 Å². The van der Waals surface area contributed by atoms with E-state index >= 15 is 0 Å². The molecule has 3 nitrogen and oxygen atoms in total. The van der Waals surface area contributed by atoms with Crippen molar-refractivity contribution >= 4 is 5.70 Å². The lowest BCUT2D eigenvalue weighted by molar-refractivity contribution is -0.132. The molecule has 0 atom stereocenters. The van der Waals surface area contributed by atoms with Gasteiger partial charge in [0, 0.05) is 19.3 Å². The largest absolute Gasteiger partial charge is 0.390 e. The number of halogens is 3. The third kappa shape index (κ3) is 3.60. The number of hydrogen-bond acceptors (Lipinski definition) is 2. The summed E-state index contributed by atoms with van der Waals surface area (Å²) >= 11 is 0. The van der Waals surface area contributed by atoms with Crippen LogP contribution in [0.2, 0.25) is 0 Å². The maximum atomic E-state index is 11.9. The fraction of sp³-hybridized carbons (Fsp3) is 0.500. The van der Waals surface area contributed by atoms with Gasteiger partial charge < -0.3 is 5.32 Å². The van der Waals surface area contributed by atoms with Gasteiger partial charge >= 0.3 is 6.18 Å². The Morgan fingerprint density at radius 3 is 2.62 bits per heavy atom. The summed E-state index contributed by atoms with van der Waals surface area (Å²) in [7, 11) is 1.77. The molecule has 16 heavy (non-hydrogen) atoms. The van der Waals surface area contributed by atoms with E-state index in [9.17, 15) is 13.2 Å². The number of nitrogens with zero attached hydrogens (tertiary/aromatic N) is 2. The molecule has 90 valence electrons. The molecule has 1 heterocycles. The third-order valence-electron chi connectivity index (χ3n) is 2.17. The molecule has 0 saturated carbocycles. The summed E-state index contributed by atoms with van der Waals surface area (Å²) in [6.45, 7) is 5.32. The van der Waals surface area contributed by atoms with Crippen molar-refractivity contribution in [2.45, 2.75) is 19.5 Å². The van der Waals surface area contributed by atoms with Gasteiger partial charge in [-0.15, -0.1) is 0 Å². The van der Waals surface area contributed by atoms with Gasteiger partial charge in [0.15, 0.2) is 0 Å². The minimum atomic E-state index is -4.15. The Labute approximate surface area is 92.0 Å². The van der Waals surface area contributed by atoms with Crippen molar-refractivity contribution in [2.75, 3.05) is 6.54 Å². The number of alkyl halides is 3. The lowest BCUT2D eigenvalue weighted by atomic mass is 10.3. The molecule has 0 fully saturated rings. The molecule has 1 aromatic heterocycles. The van der Waals surface area contributed by atoms with Crippen LogP contribution in [0.3, 0.4) is 0 Å². The molecule has 0 aromatic carbocycles. The monoisotopic (exact) mass is 233 g/mol. The van der Waals surface area contributed by atoms with Gasteiger partial charge in [0.25, 0.3) is 0 Å². The van der Waals surface area contributed by atoms with Gasteiger partial charge in [0.2, 0.25) is 0 Å². The molecule has 0 saturated heterocycles. The van der Waals surface area contributed by atoms with Crippen LogP contribution in [0, 0.1) is 6.92 Å². The third-order valence-corrected chi connectivity index (χ3v) is 2.17. The first kappa shape index (κ1) is 12.6. The SMILES string of the molecule is C=C(NCCC(F)(F)F)c1cc(C)n(C)n1. The Balaban J connectivity index is 2.47. The van der Waals surface area contributed by atoms with E-state index in [4.69, 9.17) is 0 Å². The van der Waals surface area contributed by atoms with Gasteiger partial charge in [-0.25, -0.2) is 0 Å². The fourth-order valence-corrected chi connectivity index (χ4v) is 1.15. The van der Waals surface area contributed by atoms with Crippen LogP contribution in [-0.2, 0) is 7.05 Å². The summed E-state index contributed by atoms with van der Waals surface area (Å²) in [6, 6.07) is 1.77. The average Bonchev–Trinajstić information content (AvgIpc) is 2.45. The van der Waals surface area contributed by atoms with E-state index in [1.807, 2.05) is 6.92 Å². The molecule has 0 aliphatic heterocycles. The Bertz CT molecular complexity index is 360. The molecule has 0 aliphatic rings. The van der Waals surface area contributed by atoms with Crippen molar-refractivity contribution in [1.82, 2.24) is 15.1 Å². The van der Waals surface area contributed by atoms with Crippen molar-refractivity contribution in [2.24, 2.45) is 7.05 Å². The smallest absolute Gasteiger partial charge is 0.383 e. The van der Waals surface area contributed by atoms with Crippen LogP contribution in [0.4, 0.5) is 13.2 Å². The topological polar surface area (TPSA) is 29.9 Å². The zero-order chi connectivity index (χ0) is 12.3. The minimum Gasteiger partial charge on any atom is -0.383 e. The predicted molar refractivity (Wildman–Crippen MR) is 55.7 cm³/mol. The van der Waals surface area contributed by atoms with Crippen LogP contribution < -0.4 is 5.32 Å². The summed E-state index contributed by atoms with van der Waals surface area (Å²) in [4.78, 5) is 0. The fourth-order valence-electron chi connectivity index (χ4n) is 1.15. The predicted octanol–water partition coefficient (Wildman–Crippen LogP) is 2.24. The Hall–Kier alpha value is -1.46. The van der Waals surface area contributed by atoms with Gasteiger partial charge in [-0.2, -0.15) is 18.3 Å². The molecule has 0 radical (unpaired) electrons. The van der Waals surface area contributed by atoms with E-state index in [0.717, 1.165) is 5.69 Å². The quantitative estimate of drug-likeness (QED) is 0.864. The van der Waals surface area contributed by atoms with Gasteiger partial charge in [0.05, 0.1) is 12.1 Å². The van der Waals surface area contributed by atoms with Crippen molar-refractivity contribution in [3.05, 3.63) is 24.0 Å². The molecule has 1 rings (SSSR count). The first-order valence-corrected chi connectivity index (χ1v) is 4.80. The summed E-state index contributed by atoms with van der Waals surface area (Å²) in [5.74, 6) is 0. The maximum Gasteiger partial charge on any atom is 0.390 e. The number of nitrogens with one attached hydrogen (secondary N) is 1. The van der Waals surface area contributed by atoms with Crippen molar-refractivity contribution < 1.29 is 13.2 Å². The average molecular weight is 233 g/mol. The van der Waals surface area contributed by atoms with E-state index in [2.05, 4.69) is 17.0 Å². The first-order chi connectivity index (χ1) is 7.29. The number of hydrogen-bond donors (Lipinski definition) is 1. The lowest BCUT2D eigenvalue weighted by Crippen LogP contribution is -2.20. The van der Waals surface area contributed by atoms with E-state index in [-0.39, 0.29) is 6.54 Å². The molecule has 0 unspecified atom stereocenters.